The van der Waals surface area contributed by atoms with Crippen molar-refractivity contribution in [3.05, 3.63) is 89.8 Å². The minimum absolute atomic E-state index is 0.0665. The molecule has 0 spiro atoms. The van der Waals surface area contributed by atoms with Crippen LogP contribution in [0, 0.1) is 18.3 Å². The summed E-state index contributed by atoms with van der Waals surface area (Å²) in [7, 11) is 0. The second kappa shape index (κ2) is 8.11. The van der Waals surface area contributed by atoms with Gasteiger partial charge < -0.3 is 0 Å². The number of aromatic amines is 1. The quantitative estimate of drug-likeness (QED) is 0.494. The van der Waals surface area contributed by atoms with Gasteiger partial charge in [0, 0.05) is 35.0 Å². The molecule has 0 amide bonds. The van der Waals surface area contributed by atoms with Gasteiger partial charge in [-0.25, -0.2) is 4.79 Å². The van der Waals surface area contributed by atoms with Gasteiger partial charge in [-0.05, 0) is 47.9 Å². The average molecular weight is 468 g/mol. The van der Waals surface area contributed by atoms with E-state index >= 15 is 0 Å². The lowest BCUT2D eigenvalue weighted by Gasteiger charge is -2.11. The van der Waals surface area contributed by atoms with E-state index in [0.29, 0.717) is 22.0 Å². The Morgan fingerprint density at radius 2 is 1.88 bits per heavy atom. The number of nitrogens with zero attached hydrogens (tertiary/aromatic N) is 4. The van der Waals surface area contributed by atoms with Gasteiger partial charge >= 0.3 is 5.69 Å². The van der Waals surface area contributed by atoms with Gasteiger partial charge in [0.15, 0.2) is 0 Å². The van der Waals surface area contributed by atoms with Crippen LogP contribution < -0.4 is 11.2 Å². The highest BCUT2D eigenvalue weighted by molar-refractivity contribution is 6.36. The number of fused-ring (bicyclic) bond motifs is 1. The first-order valence-corrected chi connectivity index (χ1v) is 10.2. The highest BCUT2D eigenvalue weighted by Crippen LogP contribution is 2.31. The molecule has 2 aromatic heterocycles. The van der Waals surface area contributed by atoms with Crippen molar-refractivity contribution < 1.29 is 4.79 Å². The van der Waals surface area contributed by atoms with Crippen molar-refractivity contribution in [2.24, 2.45) is 0 Å². The molecule has 1 N–H and O–H groups in total. The summed E-state index contributed by atoms with van der Waals surface area (Å²) in [5.74, 6) is -0.0665. The summed E-state index contributed by atoms with van der Waals surface area (Å²) in [6.07, 6.45) is 2.21. The standard InChI is InChI=1S/C22H15Cl2N5O3/c1-11-10-28(12(2)30)20-4-3-13(5-15(11)20)6-16-17(23)7-14(8-18(16)24)29-22(32)26-21(31)19(9-25)27-29/h3-5,7-8,10H,6H2,1-2H3,(H,26,31,32). The normalized spacial score (nSPS) is 11.0. The van der Waals surface area contributed by atoms with E-state index < -0.39 is 16.9 Å². The van der Waals surface area contributed by atoms with Crippen LogP contribution in [0.3, 0.4) is 0 Å². The molecule has 2 heterocycles. The Morgan fingerprint density at radius 3 is 2.50 bits per heavy atom. The predicted molar refractivity (Wildman–Crippen MR) is 121 cm³/mol. The molecular weight excluding hydrogens is 453 g/mol. The number of halogens is 2. The van der Waals surface area contributed by atoms with Crippen LogP contribution in [0.4, 0.5) is 0 Å². The lowest BCUT2D eigenvalue weighted by molar-refractivity contribution is 0.0941. The van der Waals surface area contributed by atoms with Crippen LogP contribution in [-0.4, -0.2) is 25.2 Å². The summed E-state index contributed by atoms with van der Waals surface area (Å²) in [4.78, 5) is 37.6. The molecule has 0 saturated carbocycles. The van der Waals surface area contributed by atoms with E-state index in [1.165, 1.54) is 19.1 Å². The molecule has 160 valence electrons. The Kier molecular flexibility index (Phi) is 5.46. The number of hydrogen-bond donors (Lipinski definition) is 1. The summed E-state index contributed by atoms with van der Waals surface area (Å²) >= 11 is 12.9. The first-order valence-electron chi connectivity index (χ1n) is 9.43. The van der Waals surface area contributed by atoms with E-state index in [-0.39, 0.29) is 11.6 Å². The maximum atomic E-state index is 12.1. The molecule has 0 radical (unpaired) electrons. The monoisotopic (exact) mass is 467 g/mol. The smallest absolute Gasteiger partial charge is 0.287 e. The zero-order chi connectivity index (χ0) is 23.2. The van der Waals surface area contributed by atoms with Gasteiger partial charge in [-0.3, -0.25) is 19.1 Å². The van der Waals surface area contributed by atoms with Crippen molar-refractivity contribution in [3.8, 4) is 11.8 Å². The Labute approximate surface area is 191 Å². The van der Waals surface area contributed by atoms with Crippen molar-refractivity contribution in [2.45, 2.75) is 20.3 Å². The van der Waals surface area contributed by atoms with E-state index in [1.54, 1.807) is 16.8 Å². The molecule has 0 aliphatic heterocycles. The van der Waals surface area contributed by atoms with Gasteiger partial charge in [0.25, 0.3) is 5.56 Å². The van der Waals surface area contributed by atoms with Gasteiger partial charge in [0.2, 0.25) is 11.6 Å². The fraction of sp³-hybridized carbons (Fsp3) is 0.136. The zero-order valence-electron chi connectivity index (χ0n) is 16.9. The Morgan fingerprint density at radius 1 is 1.19 bits per heavy atom. The molecule has 0 atom stereocenters. The molecule has 0 aliphatic carbocycles. The number of aryl methyl sites for hydroxylation is 1. The van der Waals surface area contributed by atoms with E-state index in [9.17, 15) is 14.4 Å². The van der Waals surface area contributed by atoms with E-state index in [1.807, 2.05) is 30.1 Å². The highest BCUT2D eigenvalue weighted by atomic mass is 35.5. The van der Waals surface area contributed by atoms with E-state index in [0.717, 1.165) is 26.7 Å². The fourth-order valence-corrected chi connectivity index (χ4v) is 4.15. The number of nitriles is 1. The fourth-order valence-electron chi connectivity index (χ4n) is 3.55. The minimum Gasteiger partial charge on any atom is -0.287 e. The lowest BCUT2D eigenvalue weighted by Crippen LogP contribution is -2.33. The van der Waals surface area contributed by atoms with Crippen LogP contribution in [0.25, 0.3) is 16.6 Å². The SMILES string of the molecule is CC(=O)n1cc(C)c2cc(Cc3c(Cl)cc(-n4nc(C#N)c(=O)[nH]c4=O)cc3Cl)ccc21. The predicted octanol–water partition coefficient (Wildman–Crippen LogP) is 3.61. The molecular formula is C22H15Cl2N5O3. The lowest BCUT2D eigenvalue weighted by atomic mass is 10.0. The molecule has 0 bridgehead atoms. The third-order valence-corrected chi connectivity index (χ3v) is 5.77. The van der Waals surface area contributed by atoms with Gasteiger partial charge in [-0.1, -0.05) is 29.3 Å². The number of benzene rings is 2. The van der Waals surface area contributed by atoms with Gasteiger partial charge in [0.05, 0.1) is 11.2 Å². The largest absolute Gasteiger partial charge is 0.349 e. The number of carbonyl (C=O) groups excluding carboxylic acids is 1. The number of carbonyl (C=O) groups is 1. The Bertz CT molecular complexity index is 1550. The van der Waals surface area contributed by atoms with Crippen LogP contribution in [-0.2, 0) is 6.42 Å². The number of H-pyrrole nitrogens is 1. The minimum atomic E-state index is -0.869. The molecule has 32 heavy (non-hydrogen) atoms. The maximum Gasteiger partial charge on any atom is 0.349 e. The van der Waals surface area contributed by atoms with E-state index in [2.05, 4.69) is 5.10 Å². The van der Waals surface area contributed by atoms with Crippen LogP contribution in [0.1, 0.15) is 34.1 Å². The van der Waals surface area contributed by atoms with Gasteiger partial charge in [-0.15, -0.1) is 5.10 Å². The third kappa shape index (κ3) is 3.73. The second-order valence-corrected chi connectivity index (χ2v) is 8.06. The highest BCUT2D eigenvalue weighted by Gasteiger charge is 2.15. The summed E-state index contributed by atoms with van der Waals surface area (Å²) in [5.41, 5.74) is 1.44. The summed E-state index contributed by atoms with van der Waals surface area (Å²) < 4.78 is 2.47. The molecule has 0 fully saturated rings. The third-order valence-electron chi connectivity index (χ3n) is 5.09. The van der Waals surface area contributed by atoms with Gasteiger partial charge in [-0.2, -0.15) is 9.94 Å². The van der Waals surface area contributed by atoms with Crippen molar-refractivity contribution in [1.29, 1.82) is 5.26 Å². The summed E-state index contributed by atoms with van der Waals surface area (Å²) in [6, 6.07) is 10.4. The number of hydrogen-bond acceptors (Lipinski definition) is 5. The van der Waals surface area contributed by atoms with Crippen molar-refractivity contribution in [3.63, 3.8) is 0 Å². The summed E-state index contributed by atoms with van der Waals surface area (Å²) in [6.45, 7) is 3.45. The van der Waals surface area contributed by atoms with E-state index in [4.69, 9.17) is 28.5 Å². The molecule has 0 aliphatic rings. The molecule has 4 rings (SSSR count). The van der Waals surface area contributed by atoms with Crippen molar-refractivity contribution >= 4 is 40.0 Å². The average Bonchev–Trinajstić information content (AvgIpc) is 3.07. The second-order valence-electron chi connectivity index (χ2n) is 7.25. The Balaban J connectivity index is 1.75. The molecule has 2 aromatic carbocycles. The maximum absolute atomic E-state index is 12.1. The first-order chi connectivity index (χ1) is 15.2. The summed E-state index contributed by atoms with van der Waals surface area (Å²) in [5, 5.41) is 14.3. The molecule has 0 unspecified atom stereocenters. The van der Waals surface area contributed by atoms with Crippen LogP contribution in [0.5, 0.6) is 0 Å². The van der Waals surface area contributed by atoms with Crippen molar-refractivity contribution in [1.82, 2.24) is 19.3 Å². The zero-order valence-corrected chi connectivity index (χ0v) is 18.5. The Hall–Kier alpha value is -3.67. The topological polar surface area (TPSA) is 114 Å². The molecule has 0 saturated heterocycles. The molecule has 10 heteroatoms. The van der Waals surface area contributed by atoms with Crippen LogP contribution in [0.15, 0.2) is 46.1 Å². The number of aromatic nitrogens is 4. The number of rotatable bonds is 3. The number of nitrogens with one attached hydrogen (secondary N) is 1. The van der Waals surface area contributed by atoms with Gasteiger partial charge in [0.1, 0.15) is 6.07 Å². The molecule has 8 nitrogen and oxygen atoms in total. The van der Waals surface area contributed by atoms with Crippen molar-refractivity contribution in [2.75, 3.05) is 0 Å². The van der Waals surface area contributed by atoms with Crippen LogP contribution in [0.2, 0.25) is 10.0 Å². The molecule has 4 aromatic rings. The first kappa shape index (κ1) is 21.6. The van der Waals surface area contributed by atoms with Crippen LogP contribution >= 0.6 is 23.2 Å².